The van der Waals surface area contributed by atoms with E-state index in [1.54, 1.807) is 11.3 Å². The summed E-state index contributed by atoms with van der Waals surface area (Å²) < 4.78 is 36.7. The van der Waals surface area contributed by atoms with Gasteiger partial charge in [0.05, 0.1) is 6.42 Å². The number of halogens is 3. The third-order valence-electron chi connectivity index (χ3n) is 4.22. The second-order valence-electron chi connectivity index (χ2n) is 5.75. The summed E-state index contributed by atoms with van der Waals surface area (Å²) in [6, 6.07) is 0. The van der Waals surface area contributed by atoms with Crippen LogP contribution in [0.2, 0.25) is 0 Å². The summed E-state index contributed by atoms with van der Waals surface area (Å²) in [6.07, 6.45) is -2.89. The SMILES string of the molecule is Cc1sc2c(c1C)CCC(C(=O)N(C)CCC(F)(F)F)C2. The molecule has 0 aromatic carbocycles. The number of carbonyl (C=O) groups excluding carboxylic acids is 1. The number of hydrogen-bond donors (Lipinski definition) is 0. The Morgan fingerprint density at radius 1 is 1.38 bits per heavy atom. The van der Waals surface area contributed by atoms with E-state index in [2.05, 4.69) is 13.8 Å². The van der Waals surface area contributed by atoms with Gasteiger partial charge < -0.3 is 4.90 Å². The molecule has 0 aliphatic heterocycles. The third-order valence-corrected chi connectivity index (χ3v) is 5.50. The summed E-state index contributed by atoms with van der Waals surface area (Å²) in [7, 11) is 1.47. The van der Waals surface area contributed by atoms with Gasteiger partial charge in [-0.1, -0.05) is 0 Å². The molecular weight excluding hydrogens is 299 g/mol. The fourth-order valence-electron chi connectivity index (χ4n) is 2.81. The lowest BCUT2D eigenvalue weighted by atomic mass is 9.86. The number of rotatable bonds is 3. The molecule has 0 fully saturated rings. The zero-order chi connectivity index (χ0) is 15.8. The quantitative estimate of drug-likeness (QED) is 0.828. The van der Waals surface area contributed by atoms with Gasteiger partial charge in [-0.15, -0.1) is 11.3 Å². The van der Waals surface area contributed by atoms with E-state index in [9.17, 15) is 18.0 Å². The van der Waals surface area contributed by atoms with Gasteiger partial charge in [0.1, 0.15) is 0 Å². The number of fused-ring (bicyclic) bond motifs is 1. The molecule has 0 saturated heterocycles. The average Bonchev–Trinajstić information content (AvgIpc) is 2.69. The predicted octanol–water partition coefficient (Wildman–Crippen LogP) is 3.88. The summed E-state index contributed by atoms with van der Waals surface area (Å²) in [5.41, 5.74) is 2.66. The van der Waals surface area contributed by atoms with Gasteiger partial charge >= 0.3 is 6.18 Å². The molecular formula is C15H20F3NOS. The minimum absolute atomic E-state index is 0.159. The van der Waals surface area contributed by atoms with Crippen LogP contribution in [0.25, 0.3) is 0 Å². The lowest BCUT2D eigenvalue weighted by Gasteiger charge is -2.27. The van der Waals surface area contributed by atoms with E-state index in [-0.39, 0.29) is 18.4 Å². The van der Waals surface area contributed by atoms with Crippen LogP contribution in [-0.4, -0.2) is 30.6 Å². The molecule has 1 amide bonds. The van der Waals surface area contributed by atoms with Crippen molar-refractivity contribution in [2.24, 2.45) is 5.92 Å². The van der Waals surface area contributed by atoms with Crippen LogP contribution in [0.4, 0.5) is 13.2 Å². The number of alkyl halides is 3. The summed E-state index contributed by atoms with van der Waals surface area (Å²) >= 11 is 1.72. The van der Waals surface area contributed by atoms with E-state index < -0.39 is 12.6 Å². The zero-order valence-electron chi connectivity index (χ0n) is 12.5. The Bertz CT molecular complexity index is 536. The molecule has 0 N–H and O–H groups in total. The van der Waals surface area contributed by atoms with Gasteiger partial charge in [0.25, 0.3) is 0 Å². The first-order chi connectivity index (χ1) is 9.69. The van der Waals surface area contributed by atoms with Gasteiger partial charge in [-0.05, 0) is 44.2 Å². The molecule has 0 saturated carbocycles. The van der Waals surface area contributed by atoms with E-state index >= 15 is 0 Å². The Hall–Kier alpha value is -1.04. The second kappa shape index (κ2) is 5.99. The van der Waals surface area contributed by atoms with E-state index in [1.807, 2.05) is 0 Å². The number of nitrogens with zero attached hydrogens (tertiary/aromatic N) is 1. The van der Waals surface area contributed by atoms with Crippen molar-refractivity contribution in [1.29, 1.82) is 0 Å². The lowest BCUT2D eigenvalue weighted by Crippen LogP contribution is -2.37. The topological polar surface area (TPSA) is 20.3 Å². The molecule has 1 heterocycles. The predicted molar refractivity (Wildman–Crippen MR) is 77.6 cm³/mol. The highest BCUT2D eigenvalue weighted by atomic mass is 32.1. The lowest BCUT2D eigenvalue weighted by molar-refractivity contribution is -0.146. The molecule has 2 nitrogen and oxygen atoms in total. The Balaban J connectivity index is 1.99. The first kappa shape index (κ1) is 16.3. The van der Waals surface area contributed by atoms with Gasteiger partial charge in [-0.3, -0.25) is 4.79 Å². The third kappa shape index (κ3) is 3.78. The van der Waals surface area contributed by atoms with Crippen LogP contribution in [0.15, 0.2) is 0 Å². The monoisotopic (exact) mass is 319 g/mol. The van der Waals surface area contributed by atoms with Crippen LogP contribution in [0.3, 0.4) is 0 Å². The Labute approximate surface area is 126 Å². The van der Waals surface area contributed by atoms with Crippen LogP contribution in [0, 0.1) is 19.8 Å². The molecule has 1 aromatic rings. The van der Waals surface area contributed by atoms with Crippen molar-refractivity contribution in [2.45, 2.75) is 45.7 Å². The zero-order valence-corrected chi connectivity index (χ0v) is 13.3. The summed E-state index contributed by atoms with van der Waals surface area (Å²) in [5.74, 6) is -0.332. The van der Waals surface area contributed by atoms with Crippen molar-refractivity contribution < 1.29 is 18.0 Å². The first-order valence-electron chi connectivity index (χ1n) is 7.08. The molecule has 1 atom stereocenters. The highest BCUT2D eigenvalue weighted by Crippen LogP contribution is 2.36. The number of hydrogen-bond acceptors (Lipinski definition) is 2. The van der Waals surface area contributed by atoms with Crippen molar-refractivity contribution >= 4 is 17.2 Å². The highest BCUT2D eigenvalue weighted by Gasteiger charge is 2.32. The highest BCUT2D eigenvalue weighted by molar-refractivity contribution is 7.12. The van der Waals surface area contributed by atoms with Crippen molar-refractivity contribution in [3.63, 3.8) is 0 Å². The van der Waals surface area contributed by atoms with E-state index in [0.29, 0.717) is 6.42 Å². The molecule has 1 aliphatic rings. The Morgan fingerprint density at radius 2 is 2.05 bits per heavy atom. The van der Waals surface area contributed by atoms with Crippen LogP contribution in [-0.2, 0) is 17.6 Å². The number of aryl methyl sites for hydroxylation is 1. The summed E-state index contributed by atoms with van der Waals surface area (Å²) in [6.45, 7) is 3.92. The maximum Gasteiger partial charge on any atom is 0.390 e. The number of amides is 1. The molecule has 2 rings (SSSR count). The molecule has 1 aliphatic carbocycles. The molecule has 6 heteroatoms. The van der Waals surface area contributed by atoms with Gasteiger partial charge in [0, 0.05) is 29.3 Å². The summed E-state index contributed by atoms with van der Waals surface area (Å²) in [5, 5.41) is 0. The molecule has 1 aromatic heterocycles. The van der Waals surface area contributed by atoms with E-state index in [0.717, 1.165) is 12.8 Å². The average molecular weight is 319 g/mol. The number of carbonyl (C=O) groups is 1. The molecule has 1 unspecified atom stereocenters. The van der Waals surface area contributed by atoms with Crippen LogP contribution in [0.5, 0.6) is 0 Å². The van der Waals surface area contributed by atoms with Gasteiger partial charge in [0.2, 0.25) is 5.91 Å². The van der Waals surface area contributed by atoms with Gasteiger partial charge in [-0.25, -0.2) is 0 Å². The molecule has 118 valence electrons. The fourth-order valence-corrected chi connectivity index (χ4v) is 4.12. The van der Waals surface area contributed by atoms with Crippen LogP contribution < -0.4 is 0 Å². The molecule has 0 spiro atoms. The first-order valence-corrected chi connectivity index (χ1v) is 7.90. The van der Waals surface area contributed by atoms with Crippen molar-refractivity contribution in [3.05, 3.63) is 20.9 Å². The molecule has 21 heavy (non-hydrogen) atoms. The summed E-state index contributed by atoms with van der Waals surface area (Å²) in [4.78, 5) is 16.0. The van der Waals surface area contributed by atoms with Crippen molar-refractivity contribution in [1.82, 2.24) is 4.90 Å². The maximum absolute atomic E-state index is 12.3. The number of thiophene rings is 1. The van der Waals surface area contributed by atoms with Crippen LogP contribution >= 0.6 is 11.3 Å². The van der Waals surface area contributed by atoms with Crippen molar-refractivity contribution in [3.8, 4) is 0 Å². The van der Waals surface area contributed by atoms with Gasteiger partial charge in [-0.2, -0.15) is 13.2 Å². The standard InChI is InChI=1S/C15H20F3NOS/c1-9-10(2)21-13-8-11(4-5-12(9)13)14(20)19(3)7-6-15(16,17)18/h11H,4-8H2,1-3H3. The molecule has 0 radical (unpaired) electrons. The van der Waals surface area contributed by atoms with Crippen molar-refractivity contribution in [2.75, 3.05) is 13.6 Å². The fraction of sp³-hybridized carbons (Fsp3) is 0.667. The Morgan fingerprint density at radius 3 is 2.67 bits per heavy atom. The van der Waals surface area contributed by atoms with E-state index in [4.69, 9.17) is 0 Å². The minimum Gasteiger partial charge on any atom is -0.345 e. The second-order valence-corrected chi connectivity index (χ2v) is 7.06. The molecule has 0 bridgehead atoms. The maximum atomic E-state index is 12.3. The minimum atomic E-state index is -4.21. The normalized spacial score (nSPS) is 18.5. The Kier molecular flexibility index (Phi) is 4.66. The largest absolute Gasteiger partial charge is 0.390 e. The smallest absolute Gasteiger partial charge is 0.345 e. The van der Waals surface area contributed by atoms with Gasteiger partial charge in [0.15, 0.2) is 0 Å². The van der Waals surface area contributed by atoms with E-state index in [1.165, 1.54) is 32.8 Å². The van der Waals surface area contributed by atoms with Crippen LogP contribution in [0.1, 0.15) is 33.7 Å².